The molecule has 0 aliphatic rings. The lowest BCUT2D eigenvalue weighted by Gasteiger charge is -2.06. The molecule has 1 N–H and O–H groups in total. The number of furan rings is 1. The summed E-state index contributed by atoms with van der Waals surface area (Å²) in [5.74, 6) is 0.670. The third-order valence-electron chi connectivity index (χ3n) is 4.24. The highest BCUT2D eigenvalue weighted by molar-refractivity contribution is 6.01. The van der Waals surface area contributed by atoms with Crippen molar-refractivity contribution in [3.63, 3.8) is 0 Å². The van der Waals surface area contributed by atoms with E-state index in [1.165, 1.54) is 23.0 Å². The molecule has 2 heterocycles. The molecule has 0 radical (unpaired) electrons. The van der Waals surface area contributed by atoms with Gasteiger partial charge in [-0.1, -0.05) is 30.3 Å². The molecule has 4 aromatic rings. The average molecular weight is 375 g/mol. The van der Waals surface area contributed by atoms with Crippen LogP contribution in [-0.4, -0.2) is 15.5 Å². The monoisotopic (exact) mass is 375 g/mol. The predicted octanol–water partition coefficient (Wildman–Crippen LogP) is 3.36. The Morgan fingerprint density at radius 3 is 2.82 bits per heavy atom. The van der Waals surface area contributed by atoms with Gasteiger partial charge in [0, 0.05) is 19.4 Å². The number of carbonyl (C=O) groups excluding carboxylic acids is 1. The number of fused-ring (bicyclic) bond motifs is 1. The minimum absolute atomic E-state index is 0.0552. The first kappa shape index (κ1) is 17.5. The molecular weight excluding hydrogens is 358 g/mol. The van der Waals surface area contributed by atoms with Crippen LogP contribution in [0.5, 0.6) is 5.75 Å². The maximum absolute atomic E-state index is 12.3. The van der Waals surface area contributed by atoms with Crippen molar-refractivity contribution in [2.45, 2.75) is 6.61 Å². The van der Waals surface area contributed by atoms with Crippen LogP contribution < -0.4 is 15.6 Å². The SMILES string of the molecule is Cn1ccnc(NC(=O)c2ccc(COc3ccc4ccccc4c3)o2)c1=O. The number of anilines is 1. The van der Waals surface area contributed by atoms with E-state index in [1.54, 1.807) is 13.1 Å². The van der Waals surface area contributed by atoms with Crippen LogP contribution in [0, 0.1) is 0 Å². The van der Waals surface area contributed by atoms with E-state index in [0.29, 0.717) is 11.5 Å². The fraction of sp³-hybridized carbons (Fsp3) is 0.0952. The second kappa shape index (κ2) is 7.40. The van der Waals surface area contributed by atoms with Crippen molar-refractivity contribution in [1.82, 2.24) is 9.55 Å². The fourth-order valence-electron chi connectivity index (χ4n) is 2.74. The molecule has 140 valence electrons. The number of aromatic nitrogens is 2. The van der Waals surface area contributed by atoms with Gasteiger partial charge in [0.15, 0.2) is 11.6 Å². The lowest BCUT2D eigenvalue weighted by molar-refractivity contribution is 0.0992. The Morgan fingerprint density at radius 2 is 1.96 bits per heavy atom. The largest absolute Gasteiger partial charge is 0.486 e. The first-order valence-corrected chi connectivity index (χ1v) is 8.63. The topological polar surface area (TPSA) is 86.4 Å². The van der Waals surface area contributed by atoms with E-state index in [0.717, 1.165) is 10.8 Å². The number of hydrogen-bond acceptors (Lipinski definition) is 5. The molecule has 0 aliphatic heterocycles. The number of amides is 1. The summed E-state index contributed by atoms with van der Waals surface area (Å²) in [5.41, 5.74) is -0.401. The smallest absolute Gasteiger partial charge is 0.293 e. The molecule has 0 bridgehead atoms. The van der Waals surface area contributed by atoms with E-state index in [9.17, 15) is 9.59 Å². The Morgan fingerprint density at radius 1 is 1.14 bits per heavy atom. The van der Waals surface area contributed by atoms with Crippen molar-refractivity contribution in [2.24, 2.45) is 7.05 Å². The van der Waals surface area contributed by atoms with Gasteiger partial charge < -0.3 is 13.7 Å². The van der Waals surface area contributed by atoms with E-state index in [2.05, 4.69) is 10.3 Å². The Hall–Kier alpha value is -3.87. The van der Waals surface area contributed by atoms with Gasteiger partial charge in [-0.3, -0.25) is 14.9 Å². The van der Waals surface area contributed by atoms with Crippen LogP contribution in [0.3, 0.4) is 0 Å². The molecular formula is C21H17N3O4. The van der Waals surface area contributed by atoms with Crippen molar-refractivity contribution >= 4 is 22.5 Å². The summed E-state index contributed by atoms with van der Waals surface area (Å²) in [7, 11) is 1.58. The highest BCUT2D eigenvalue weighted by Crippen LogP contribution is 2.21. The maximum atomic E-state index is 12.3. The molecule has 1 amide bonds. The number of hydrogen-bond donors (Lipinski definition) is 1. The summed E-state index contributed by atoms with van der Waals surface area (Å²) in [4.78, 5) is 28.1. The maximum Gasteiger partial charge on any atom is 0.293 e. The minimum Gasteiger partial charge on any atom is -0.486 e. The highest BCUT2D eigenvalue weighted by atomic mass is 16.5. The molecule has 28 heavy (non-hydrogen) atoms. The van der Waals surface area contributed by atoms with Crippen molar-refractivity contribution in [1.29, 1.82) is 0 Å². The summed E-state index contributed by atoms with van der Waals surface area (Å²) in [6.45, 7) is 0.178. The van der Waals surface area contributed by atoms with E-state index in [1.807, 2.05) is 42.5 Å². The van der Waals surface area contributed by atoms with Crippen LogP contribution in [0.4, 0.5) is 5.82 Å². The lowest BCUT2D eigenvalue weighted by Crippen LogP contribution is -2.24. The number of rotatable bonds is 5. The molecule has 0 atom stereocenters. The van der Waals surface area contributed by atoms with Crippen molar-refractivity contribution < 1.29 is 13.9 Å². The van der Waals surface area contributed by atoms with Crippen molar-refractivity contribution in [3.8, 4) is 5.75 Å². The molecule has 0 aliphatic carbocycles. The number of ether oxygens (including phenoxy) is 1. The first-order valence-electron chi connectivity index (χ1n) is 8.63. The molecule has 2 aromatic carbocycles. The number of nitrogens with one attached hydrogen (secondary N) is 1. The Labute approximate surface area is 160 Å². The van der Waals surface area contributed by atoms with Gasteiger partial charge in [0.25, 0.3) is 11.5 Å². The predicted molar refractivity (Wildman–Crippen MR) is 104 cm³/mol. The molecule has 2 aromatic heterocycles. The second-order valence-electron chi connectivity index (χ2n) is 6.21. The molecule has 0 spiro atoms. The van der Waals surface area contributed by atoms with Crippen molar-refractivity contribution in [2.75, 3.05) is 5.32 Å². The number of aryl methyl sites for hydroxylation is 1. The van der Waals surface area contributed by atoms with Crippen molar-refractivity contribution in [3.05, 3.63) is 88.9 Å². The number of carbonyl (C=O) groups is 1. The van der Waals surface area contributed by atoms with Crippen LogP contribution in [0.25, 0.3) is 10.8 Å². The minimum atomic E-state index is -0.548. The van der Waals surface area contributed by atoms with Crippen LogP contribution in [-0.2, 0) is 13.7 Å². The third kappa shape index (κ3) is 3.64. The number of nitrogens with zero attached hydrogens (tertiary/aromatic N) is 2. The highest BCUT2D eigenvalue weighted by Gasteiger charge is 2.14. The zero-order valence-corrected chi connectivity index (χ0v) is 15.1. The van der Waals surface area contributed by atoms with Gasteiger partial charge in [-0.15, -0.1) is 0 Å². The molecule has 0 unspecified atom stereocenters. The van der Waals surface area contributed by atoms with Gasteiger partial charge >= 0.3 is 0 Å². The average Bonchev–Trinajstić information content (AvgIpc) is 3.19. The molecule has 7 heteroatoms. The van der Waals surface area contributed by atoms with E-state index < -0.39 is 11.5 Å². The van der Waals surface area contributed by atoms with Crippen LogP contribution in [0.15, 0.2) is 76.2 Å². The van der Waals surface area contributed by atoms with Crippen LogP contribution in [0.2, 0.25) is 0 Å². The summed E-state index contributed by atoms with van der Waals surface area (Å²) >= 11 is 0. The Bertz CT molecular complexity index is 1210. The first-order chi connectivity index (χ1) is 13.6. The zero-order chi connectivity index (χ0) is 19.5. The van der Waals surface area contributed by atoms with Gasteiger partial charge in [-0.2, -0.15) is 0 Å². The Kier molecular flexibility index (Phi) is 4.63. The standard InChI is InChI=1S/C21H17N3O4/c1-24-11-10-22-19(21(24)26)23-20(25)18-9-8-17(28-18)13-27-16-7-6-14-4-2-3-5-15(14)12-16/h2-12H,13H2,1H3,(H,22,23,25). The van der Waals surface area contributed by atoms with Crippen LogP contribution >= 0.6 is 0 Å². The van der Waals surface area contributed by atoms with Gasteiger partial charge in [0.05, 0.1) is 0 Å². The summed E-state index contributed by atoms with van der Waals surface area (Å²) < 4.78 is 12.6. The van der Waals surface area contributed by atoms with E-state index in [4.69, 9.17) is 9.15 Å². The summed E-state index contributed by atoms with van der Waals surface area (Å²) in [6.07, 6.45) is 2.94. The van der Waals surface area contributed by atoms with E-state index in [-0.39, 0.29) is 18.2 Å². The quantitative estimate of drug-likeness (QED) is 0.578. The van der Waals surface area contributed by atoms with E-state index >= 15 is 0 Å². The summed E-state index contributed by atoms with van der Waals surface area (Å²) in [5, 5.41) is 4.67. The van der Waals surface area contributed by atoms with Crippen LogP contribution in [0.1, 0.15) is 16.3 Å². The number of benzene rings is 2. The lowest BCUT2D eigenvalue weighted by atomic mass is 10.1. The van der Waals surface area contributed by atoms with Gasteiger partial charge in [0.2, 0.25) is 0 Å². The molecule has 0 saturated carbocycles. The summed E-state index contributed by atoms with van der Waals surface area (Å²) in [6, 6.07) is 17.0. The normalized spacial score (nSPS) is 10.8. The Balaban J connectivity index is 1.42. The molecule has 0 fully saturated rings. The van der Waals surface area contributed by atoms with Gasteiger partial charge in [-0.05, 0) is 35.0 Å². The second-order valence-corrected chi connectivity index (χ2v) is 6.21. The van der Waals surface area contributed by atoms with Gasteiger partial charge in [0.1, 0.15) is 18.1 Å². The van der Waals surface area contributed by atoms with Gasteiger partial charge in [-0.25, -0.2) is 4.98 Å². The molecule has 4 rings (SSSR count). The molecule has 7 nitrogen and oxygen atoms in total. The third-order valence-corrected chi connectivity index (χ3v) is 4.24. The molecule has 0 saturated heterocycles. The fourth-order valence-corrected chi connectivity index (χ4v) is 2.74. The zero-order valence-electron chi connectivity index (χ0n) is 15.1.